The molecule has 0 amide bonds. The number of ether oxygens (including phenoxy) is 4. The Morgan fingerprint density at radius 3 is 1.62 bits per heavy atom. The van der Waals surface area contributed by atoms with Crippen LogP contribution in [0, 0.1) is 5.92 Å². The molecule has 16 rings (SSSR count). The molecule has 426 valence electrons. The third-order valence-corrected chi connectivity index (χ3v) is 16.0. The first-order valence-electron chi connectivity index (χ1n) is 26.9. The molecule has 13 heterocycles. The molecular weight excluding hydrogens is 1100 g/mol. The van der Waals surface area contributed by atoms with Crippen molar-refractivity contribution in [1.82, 2.24) is 44.8 Å². The van der Waals surface area contributed by atoms with Crippen molar-refractivity contribution in [2.24, 2.45) is 5.92 Å². The van der Waals surface area contributed by atoms with E-state index in [1.165, 1.54) is 25.5 Å². The number of nitrogens with one attached hydrogen (secondary N) is 2. The van der Waals surface area contributed by atoms with Gasteiger partial charge in [0.15, 0.2) is 40.7 Å². The Labute approximate surface area is 467 Å². The Morgan fingerprint density at radius 2 is 1.17 bits per heavy atom. The van der Waals surface area contributed by atoms with E-state index in [4.69, 9.17) is 42.7 Å². The summed E-state index contributed by atoms with van der Waals surface area (Å²) in [6.45, 7) is 7.86. The van der Waals surface area contributed by atoms with Gasteiger partial charge < -0.3 is 47.5 Å². The van der Waals surface area contributed by atoms with Gasteiger partial charge >= 0.3 is 12.4 Å². The zero-order chi connectivity index (χ0) is 55.1. The summed E-state index contributed by atoms with van der Waals surface area (Å²) in [4.78, 5) is 50.7. The molecule has 0 unspecified atom stereocenters. The first-order valence-corrected chi connectivity index (χ1v) is 26.9. The number of alkyl halides is 6. The van der Waals surface area contributed by atoms with Crippen molar-refractivity contribution in [1.29, 1.82) is 0 Å². The Bertz CT molecular complexity index is 4020. The molecule has 2 aromatic carbocycles. The van der Waals surface area contributed by atoms with E-state index in [1.807, 2.05) is 11.1 Å². The molecular formula is C57H52ClF6N11O7. The van der Waals surface area contributed by atoms with Gasteiger partial charge in [-0.3, -0.25) is 9.69 Å². The molecule has 4 bridgehead atoms. The van der Waals surface area contributed by atoms with Gasteiger partial charge in [-0.25, -0.2) is 29.9 Å². The molecule has 4 atom stereocenters. The number of likely N-dealkylation sites (tertiary alicyclic amines) is 1. The van der Waals surface area contributed by atoms with E-state index in [2.05, 4.69) is 40.8 Å². The highest BCUT2D eigenvalue weighted by Gasteiger charge is 2.39. The number of furan rings is 2. The predicted molar refractivity (Wildman–Crippen MR) is 293 cm³/mol. The Kier molecular flexibility index (Phi) is 14.0. The lowest BCUT2D eigenvalue weighted by atomic mass is 10.1. The molecule has 0 radical (unpaired) electrons. The molecule has 8 aromatic heterocycles. The second-order valence-corrected chi connectivity index (χ2v) is 21.2. The zero-order valence-corrected chi connectivity index (χ0v) is 44.5. The molecule has 10 aromatic rings. The minimum absolute atomic E-state index is 0. The van der Waals surface area contributed by atoms with Crippen molar-refractivity contribution < 1.29 is 58.9 Å². The maximum Gasteiger partial charge on any atom is 0.431 e. The van der Waals surface area contributed by atoms with Gasteiger partial charge in [0.1, 0.15) is 22.4 Å². The summed E-state index contributed by atoms with van der Waals surface area (Å²) in [5, 5.41) is 2.03. The lowest BCUT2D eigenvalue weighted by Crippen LogP contribution is -2.37. The molecule has 1 saturated carbocycles. The number of pyridine rings is 2. The molecule has 5 saturated heterocycles. The van der Waals surface area contributed by atoms with Crippen LogP contribution in [0.2, 0.25) is 0 Å². The van der Waals surface area contributed by atoms with Gasteiger partial charge in [-0.1, -0.05) is 24.3 Å². The number of nitrogens with zero attached hydrogens (tertiary/aromatic N) is 9. The number of benzene rings is 2. The first-order chi connectivity index (χ1) is 39.3. The molecule has 18 nitrogen and oxygen atoms in total. The number of fused-ring (bicyclic) bond motifs is 12. The van der Waals surface area contributed by atoms with E-state index in [1.54, 1.807) is 42.5 Å². The van der Waals surface area contributed by atoms with Crippen molar-refractivity contribution in [3.8, 4) is 22.8 Å². The van der Waals surface area contributed by atoms with Crippen LogP contribution in [-0.4, -0.2) is 142 Å². The quantitative estimate of drug-likeness (QED) is 0.113. The van der Waals surface area contributed by atoms with E-state index < -0.39 is 23.7 Å². The molecule has 2 N–H and O–H groups in total. The maximum atomic E-state index is 13.5. The number of hydrogen-bond acceptors (Lipinski definition) is 16. The van der Waals surface area contributed by atoms with Crippen LogP contribution in [0.15, 0.2) is 81.9 Å². The Balaban J connectivity index is 0.000000137. The van der Waals surface area contributed by atoms with E-state index in [-0.39, 0.29) is 18.2 Å². The second kappa shape index (κ2) is 21.4. The molecule has 1 aliphatic carbocycles. The summed E-state index contributed by atoms with van der Waals surface area (Å²) in [6, 6.07) is 16.3. The predicted octanol–water partition coefficient (Wildman–Crippen LogP) is 10.9. The summed E-state index contributed by atoms with van der Waals surface area (Å²) >= 11 is 0. The van der Waals surface area contributed by atoms with Gasteiger partial charge in [-0.05, 0) is 73.6 Å². The van der Waals surface area contributed by atoms with Crippen molar-refractivity contribution >= 4 is 96.5 Å². The van der Waals surface area contributed by atoms with Gasteiger partial charge in [0, 0.05) is 103 Å². The van der Waals surface area contributed by atoms with E-state index in [9.17, 15) is 31.1 Å². The second-order valence-electron chi connectivity index (χ2n) is 21.2. The molecule has 6 aliphatic rings. The van der Waals surface area contributed by atoms with Gasteiger partial charge in [0.2, 0.25) is 11.4 Å². The third-order valence-electron chi connectivity index (χ3n) is 16.0. The summed E-state index contributed by atoms with van der Waals surface area (Å²) < 4.78 is 115. The van der Waals surface area contributed by atoms with Crippen LogP contribution in [-0.2, 0) is 37.8 Å². The zero-order valence-electron chi connectivity index (χ0n) is 43.7. The third kappa shape index (κ3) is 10.1. The van der Waals surface area contributed by atoms with Crippen LogP contribution in [0.4, 0.5) is 38.0 Å². The van der Waals surface area contributed by atoms with E-state index >= 15 is 0 Å². The lowest BCUT2D eigenvalue weighted by molar-refractivity contribution is -0.141. The van der Waals surface area contributed by atoms with Gasteiger partial charge in [-0.2, -0.15) is 26.3 Å². The number of aromatic amines is 2. The number of morpholine rings is 3. The van der Waals surface area contributed by atoms with Crippen LogP contribution in [0.5, 0.6) is 0 Å². The molecule has 5 aliphatic heterocycles. The lowest BCUT2D eigenvalue weighted by Gasteiger charge is -2.27. The van der Waals surface area contributed by atoms with Crippen LogP contribution in [0.3, 0.4) is 0 Å². The van der Waals surface area contributed by atoms with Gasteiger partial charge in [-0.15, -0.1) is 12.4 Å². The van der Waals surface area contributed by atoms with Crippen molar-refractivity contribution in [3.63, 3.8) is 0 Å². The molecule has 0 spiro atoms. The molecule has 82 heavy (non-hydrogen) atoms. The fraction of sp³-hybridized carbons (Fsp3) is 0.386. The van der Waals surface area contributed by atoms with Crippen LogP contribution in [0.1, 0.15) is 53.0 Å². The summed E-state index contributed by atoms with van der Waals surface area (Å²) in [5.74, 6) is 2.60. The number of halogens is 7. The average molecular weight is 1150 g/mol. The topological polar surface area (TPSA) is 199 Å². The number of carbonyl (C=O) groups is 1. The van der Waals surface area contributed by atoms with Crippen molar-refractivity contribution in [2.45, 2.75) is 62.8 Å². The summed E-state index contributed by atoms with van der Waals surface area (Å²) in [6.07, 6.45) is 1.07. The van der Waals surface area contributed by atoms with E-state index in [0.29, 0.717) is 172 Å². The normalized spacial score (nSPS) is 21.0. The van der Waals surface area contributed by atoms with Crippen molar-refractivity contribution in [3.05, 3.63) is 95.6 Å². The van der Waals surface area contributed by atoms with Crippen LogP contribution < -0.4 is 9.80 Å². The number of anilines is 2. The Morgan fingerprint density at radius 1 is 0.622 bits per heavy atom. The minimum Gasteiger partial charge on any atom is -0.432 e. The highest BCUT2D eigenvalue weighted by atomic mass is 35.5. The smallest absolute Gasteiger partial charge is 0.431 e. The number of H-pyrrole nitrogens is 2. The standard InChI is InChI=1S/C28H25F3N6O3.C23H16F3N5O3.C6H10O.ClH/c29-28(30,31)22-10-19-18(2-1-3-21(19)33-22)25-34-23-20-8-15(12-37-13-17-9-16(37)14-39-17)11-32-27(20)40-24(23)26(35-25)36-4-6-38-7-5-36;24-23(25,26)17-9-14-13(2-1-3-16(14)28-17)20-29-18-15-8-12(11-32)10-27-22(15)34-19(18)21(30-20)31-4-6-33-7-5-31;1-2-6-3-5(1)4-7-6;/h1-3,8,10-11,16-17,33H,4-7,9,12-14H2;1-3,8-11,28H,4-7H2;5-6H,1-4H2;1H/t16-,17-;;5-,6+;/m0.0./s1. The number of carbonyl (C=O) groups excluding carboxylic acids is 1. The fourth-order valence-electron chi connectivity index (χ4n) is 12.0. The number of hydrogen-bond donors (Lipinski definition) is 2. The fourth-order valence-corrected chi connectivity index (χ4v) is 12.0. The highest BCUT2D eigenvalue weighted by Crippen LogP contribution is 2.42. The number of aldehydes is 1. The summed E-state index contributed by atoms with van der Waals surface area (Å²) in [5.41, 5.74) is 4.04. The highest BCUT2D eigenvalue weighted by molar-refractivity contribution is 6.08. The van der Waals surface area contributed by atoms with Crippen molar-refractivity contribution in [2.75, 3.05) is 82.2 Å². The van der Waals surface area contributed by atoms with Gasteiger partial charge in [0.25, 0.3) is 0 Å². The van der Waals surface area contributed by atoms with Gasteiger partial charge in [0.05, 0.1) is 56.0 Å². The van der Waals surface area contributed by atoms with Crippen LogP contribution in [0.25, 0.3) is 89.0 Å². The SMILES string of the molecule is C1C[C@@H]2C[C@H]1CO2.Cl.FC(F)(F)c1cc2c(-c3nc(N4CCOCC4)c4oc5ncc(CN6C[C@@H]7C[C@H]6CO7)cc5c4n3)cccc2[nH]1.O=Cc1cnc2oc3c(N4CCOCC4)nc(-c4cccc5[nH]c(C(F)(F)F)cc45)nc3c2c1. The molecule has 6 fully saturated rings. The first kappa shape index (κ1) is 53.8. The molecule has 25 heteroatoms. The monoisotopic (exact) mass is 1150 g/mol. The Hall–Kier alpha value is -7.48. The number of rotatable bonds is 7. The van der Waals surface area contributed by atoms with E-state index in [0.717, 1.165) is 61.7 Å². The summed E-state index contributed by atoms with van der Waals surface area (Å²) in [7, 11) is 0. The minimum atomic E-state index is -4.52. The average Bonchev–Trinajstić information content (AvgIpc) is 3.60. The largest absolute Gasteiger partial charge is 0.432 e. The van der Waals surface area contributed by atoms with Crippen LogP contribution >= 0.6 is 12.4 Å². The maximum absolute atomic E-state index is 13.5. The number of aromatic nitrogens is 8.